The fourth-order valence-corrected chi connectivity index (χ4v) is 5.05. The van der Waals surface area contributed by atoms with Gasteiger partial charge in [0.1, 0.15) is 5.76 Å². The number of fused-ring (bicyclic) bond motifs is 6. The van der Waals surface area contributed by atoms with Gasteiger partial charge in [0.25, 0.3) is 0 Å². The summed E-state index contributed by atoms with van der Waals surface area (Å²) in [6.45, 7) is 2.22. The van der Waals surface area contributed by atoms with Crippen LogP contribution in [0.1, 0.15) is 12.8 Å². The Morgan fingerprint density at radius 2 is 2.09 bits per heavy atom. The van der Waals surface area contributed by atoms with E-state index in [2.05, 4.69) is 41.4 Å². The lowest BCUT2D eigenvalue weighted by Crippen LogP contribution is -2.45. The van der Waals surface area contributed by atoms with Crippen LogP contribution in [0.3, 0.4) is 0 Å². The van der Waals surface area contributed by atoms with Crippen LogP contribution in [-0.4, -0.2) is 29.1 Å². The number of hydrogen-bond donors (Lipinski definition) is 1. The van der Waals surface area contributed by atoms with E-state index in [9.17, 15) is 5.11 Å². The van der Waals surface area contributed by atoms with Crippen molar-refractivity contribution in [3.63, 3.8) is 0 Å². The molecule has 0 bridgehead atoms. The van der Waals surface area contributed by atoms with Crippen molar-refractivity contribution in [3.8, 4) is 0 Å². The van der Waals surface area contributed by atoms with Gasteiger partial charge in [-0.2, -0.15) is 0 Å². The summed E-state index contributed by atoms with van der Waals surface area (Å²) in [5.74, 6) is 2.05. The number of hydrogen-bond acceptors (Lipinski definition) is 2. The molecule has 1 N–H and O–H groups in total. The highest BCUT2D eigenvalue weighted by atomic mass is 16.3. The second kappa shape index (κ2) is 4.60. The molecule has 0 amide bonds. The molecule has 0 radical (unpaired) electrons. The van der Waals surface area contributed by atoms with Gasteiger partial charge < -0.3 is 5.11 Å². The van der Waals surface area contributed by atoms with Crippen LogP contribution in [-0.2, 0) is 0 Å². The van der Waals surface area contributed by atoms with Crippen LogP contribution in [0.4, 0.5) is 0 Å². The molecule has 1 fully saturated rings. The summed E-state index contributed by atoms with van der Waals surface area (Å²) in [4.78, 5) is 2.60. The zero-order chi connectivity index (χ0) is 14.7. The molecule has 4 atom stereocenters. The molecule has 0 spiro atoms. The second-order valence-corrected chi connectivity index (χ2v) is 7.08. The first-order valence-corrected chi connectivity index (χ1v) is 8.40. The highest BCUT2D eigenvalue weighted by Crippen LogP contribution is 2.51. The zero-order valence-electron chi connectivity index (χ0n) is 12.7. The van der Waals surface area contributed by atoms with Crippen molar-refractivity contribution < 1.29 is 5.11 Å². The van der Waals surface area contributed by atoms with Gasteiger partial charge >= 0.3 is 0 Å². The molecule has 0 aromatic heterocycles. The summed E-state index contributed by atoms with van der Waals surface area (Å²) in [7, 11) is 0. The first-order chi connectivity index (χ1) is 10.8. The van der Waals surface area contributed by atoms with Gasteiger partial charge in [-0.05, 0) is 48.0 Å². The third kappa shape index (κ3) is 1.70. The average Bonchev–Trinajstić information content (AvgIpc) is 3.01. The predicted octanol–water partition coefficient (Wildman–Crippen LogP) is 3.69. The van der Waals surface area contributed by atoms with Gasteiger partial charge in [0, 0.05) is 25.0 Å². The Morgan fingerprint density at radius 1 is 1.14 bits per heavy atom. The van der Waals surface area contributed by atoms with E-state index in [0.717, 1.165) is 19.5 Å². The van der Waals surface area contributed by atoms with Crippen molar-refractivity contribution in [1.29, 1.82) is 0 Å². The van der Waals surface area contributed by atoms with Crippen LogP contribution >= 0.6 is 0 Å². The molecule has 4 unspecified atom stereocenters. The first-order valence-electron chi connectivity index (χ1n) is 8.40. The maximum atomic E-state index is 9.99. The Bertz CT molecular complexity index is 703. The van der Waals surface area contributed by atoms with Crippen LogP contribution in [0.5, 0.6) is 0 Å². The predicted molar refractivity (Wildman–Crippen MR) is 88.3 cm³/mol. The normalized spacial score (nSPS) is 38.9. The Morgan fingerprint density at radius 3 is 3.05 bits per heavy atom. The number of nitrogens with zero attached hydrogens (tertiary/aromatic N) is 1. The van der Waals surface area contributed by atoms with Crippen LogP contribution < -0.4 is 0 Å². The third-order valence-electron chi connectivity index (χ3n) is 6.05. The van der Waals surface area contributed by atoms with E-state index in [0.29, 0.717) is 29.6 Å². The molecule has 2 nitrogen and oxygen atoms in total. The minimum atomic E-state index is 0.379. The highest BCUT2D eigenvalue weighted by molar-refractivity contribution is 5.51. The number of rotatable bonds is 0. The fourth-order valence-electron chi connectivity index (χ4n) is 5.05. The summed E-state index contributed by atoms with van der Waals surface area (Å²) in [5.41, 5.74) is 4.58. The van der Waals surface area contributed by atoms with Crippen LogP contribution in [0.15, 0.2) is 71.1 Å². The van der Waals surface area contributed by atoms with Crippen molar-refractivity contribution in [2.24, 2.45) is 17.8 Å². The topological polar surface area (TPSA) is 23.5 Å². The Balaban J connectivity index is 1.65. The maximum absolute atomic E-state index is 9.99. The highest BCUT2D eigenvalue weighted by Gasteiger charge is 2.44. The van der Waals surface area contributed by atoms with Gasteiger partial charge in [-0.15, -0.1) is 0 Å². The molecule has 22 heavy (non-hydrogen) atoms. The van der Waals surface area contributed by atoms with Gasteiger partial charge in [0.15, 0.2) is 0 Å². The second-order valence-electron chi connectivity index (χ2n) is 7.08. The van der Waals surface area contributed by atoms with Crippen molar-refractivity contribution >= 4 is 0 Å². The van der Waals surface area contributed by atoms with Crippen LogP contribution in [0, 0.1) is 17.8 Å². The fraction of sp³-hybridized carbons (Fsp3) is 0.400. The number of aliphatic hydroxyl groups is 1. The molecule has 1 saturated heterocycles. The Hall–Kier alpha value is -1.80. The lowest BCUT2D eigenvalue weighted by atomic mass is 9.61. The molecule has 2 heterocycles. The molecular formula is C20H21NO. The summed E-state index contributed by atoms with van der Waals surface area (Å²) >= 11 is 0. The number of allylic oxidation sites excluding steroid dienone is 8. The monoisotopic (exact) mass is 291 g/mol. The van der Waals surface area contributed by atoms with E-state index < -0.39 is 0 Å². The van der Waals surface area contributed by atoms with Crippen LogP contribution in [0.25, 0.3) is 0 Å². The Kier molecular flexibility index (Phi) is 2.66. The molecule has 3 aliphatic carbocycles. The SMILES string of the molecule is OC1=CCC2C(=C1)C1C=CC=CC1=C1CN3CC=CC3CC12. The molecule has 5 aliphatic rings. The van der Waals surface area contributed by atoms with Crippen molar-refractivity contribution in [1.82, 2.24) is 4.90 Å². The largest absolute Gasteiger partial charge is 0.508 e. The van der Waals surface area contributed by atoms with Crippen molar-refractivity contribution in [3.05, 3.63) is 71.1 Å². The number of piperidine rings is 1. The smallest absolute Gasteiger partial charge is 0.111 e. The molecule has 2 heteroatoms. The molecular weight excluding hydrogens is 270 g/mol. The van der Waals surface area contributed by atoms with E-state index in [-0.39, 0.29) is 0 Å². The molecule has 112 valence electrons. The number of aliphatic hydroxyl groups excluding tert-OH is 1. The zero-order valence-corrected chi connectivity index (χ0v) is 12.7. The van der Waals surface area contributed by atoms with Crippen LogP contribution in [0.2, 0.25) is 0 Å². The van der Waals surface area contributed by atoms with Gasteiger partial charge in [-0.1, -0.05) is 42.0 Å². The van der Waals surface area contributed by atoms with Gasteiger partial charge in [0.2, 0.25) is 0 Å². The molecule has 0 aromatic carbocycles. The molecule has 2 aliphatic heterocycles. The molecule has 5 rings (SSSR count). The lowest BCUT2D eigenvalue weighted by Gasteiger charge is -2.48. The average molecular weight is 291 g/mol. The minimum Gasteiger partial charge on any atom is -0.508 e. The van der Waals surface area contributed by atoms with E-state index >= 15 is 0 Å². The summed E-state index contributed by atoms with van der Waals surface area (Å²) in [6.07, 6.45) is 19.9. The summed E-state index contributed by atoms with van der Waals surface area (Å²) in [6, 6.07) is 0.620. The summed E-state index contributed by atoms with van der Waals surface area (Å²) in [5, 5.41) is 9.99. The van der Waals surface area contributed by atoms with E-state index in [1.165, 1.54) is 17.6 Å². The van der Waals surface area contributed by atoms with E-state index in [1.54, 1.807) is 5.57 Å². The van der Waals surface area contributed by atoms with Gasteiger partial charge in [-0.25, -0.2) is 0 Å². The van der Waals surface area contributed by atoms with Gasteiger partial charge in [0.05, 0.1) is 0 Å². The van der Waals surface area contributed by atoms with Crippen molar-refractivity contribution in [2.45, 2.75) is 18.9 Å². The standard InChI is InChI=1S/C20H21NO/c22-14-7-8-17-18-10-13-4-3-9-21(13)12-20(18)16-6-2-1-5-15(16)19(17)11-14/h1-7,11,13,15,17-18,22H,8-10,12H2. The molecule has 0 saturated carbocycles. The minimum absolute atomic E-state index is 0.379. The van der Waals surface area contributed by atoms with E-state index in [4.69, 9.17) is 0 Å². The third-order valence-corrected chi connectivity index (χ3v) is 6.05. The lowest BCUT2D eigenvalue weighted by molar-refractivity contribution is 0.181. The van der Waals surface area contributed by atoms with Gasteiger partial charge in [-0.3, -0.25) is 4.90 Å². The first kappa shape index (κ1) is 12.7. The molecule has 0 aromatic rings. The van der Waals surface area contributed by atoms with Crippen molar-refractivity contribution in [2.75, 3.05) is 13.1 Å². The quantitative estimate of drug-likeness (QED) is 0.688. The Labute approximate surface area is 131 Å². The summed E-state index contributed by atoms with van der Waals surface area (Å²) < 4.78 is 0. The van der Waals surface area contributed by atoms with E-state index in [1.807, 2.05) is 12.2 Å². The maximum Gasteiger partial charge on any atom is 0.111 e.